The monoisotopic (exact) mass is 222 g/mol. The first kappa shape index (κ1) is 11.9. The molecule has 15 heavy (non-hydrogen) atoms. The van der Waals surface area contributed by atoms with E-state index in [2.05, 4.69) is 5.32 Å². The summed E-state index contributed by atoms with van der Waals surface area (Å²) in [6, 6.07) is -0.809. The second-order valence-electron chi connectivity index (χ2n) is 3.42. The molecule has 0 spiro atoms. The van der Waals surface area contributed by atoms with Gasteiger partial charge < -0.3 is 10.6 Å². The van der Waals surface area contributed by atoms with Gasteiger partial charge in [-0.2, -0.15) is 13.2 Å². The predicted molar refractivity (Wildman–Crippen MR) is 49.4 cm³/mol. The molecule has 0 aromatic heterocycles. The number of carbonyl (C=O) groups excluding carboxylic acids is 1. The number of alkyl halides is 3. The van der Waals surface area contributed by atoms with Crippen molar-refractivity contribution in [3.05, 3.63) is 12.2 Å². The Kier molecular flexibility index (Phi) is 3.99. The van der Waals surface area contributed by atoms with Gasteiger partial charge in [-0.25, -0.2) is 4.79 Å². The highest BCUT2D eigenvalue weighted by molar-refractivity contribution is 5.74. The van der Waals surface area contributed by atoms with Gasteiger partial charge in [0, 0.05) is 6.04 Å². The normalized spacial score (nSPS) is 21.1. The highest BCUT2D eigenvalue weighted by Crippen LogP contribution is 2.12. The van der Waals surface area contributed by atoms with E-state index >= 15 is 0 Å². The number of hydrogen-bond acceptors (Lipinski definition) is 1. The summed E-state index contributed by atoms with van der Waals surface area (Å²) >= 11 is 0. The average molecular weight is 222 g/mol. The van der Waals surface area contributed by atoms with Crippen molar-refractivity contribution >= 4 is 6.03 Å². The molecule has 1 atom stereocenters. The fourth-order valence-electron chi connectivity index (χ4n) is 1.34. The lowest BCUT2D eigenvalue weighted by Gasteiger charge is -2.19. The zero-order valence-corrected chi connectivity index (χ0v) is 8.10. The molecule has 2 amide bonds. The Balaban J connectivity index is 2.21. The fraction of sp³-hybridized carbons (Fsp3) is 0.667. The van der Waals surface area contributed by atoms with Crippen LogP contribution < -0.4 is 10.6 Å². The van der Waals surface area contributed by atoms with Crippen LogP contribution in [0.25, 0.3) is 0 Å². The zero-order valence-electron chi connectivity index (χ0n) is 8.10. The molecule has 0 aromatic rings. The van der Waals surface area contributed by atoms with Gasteiger partial charge in [0.2, 0.25) is 0 Å². The number of allylic oxidation sites excluding steroid dienone is 1. The van der Waals surface area contributed by atoms with Crippen LogP contribution in [0.4, 0.5) is 18.0 Å². The minimum absolute atomic E-state index is 0.0526. The van der Waals surface area contributed by atoms with Crippen molar-refractivity contribution in [1.82, 2.24) is 10.6 Å². The molecule has 1 aliphatic rings. The van der Waals surface area contributed by atoms with E-state index in [-0.39, 0.29) is 6.04 Å². The molecule has 1 aliphatic carbocycles. The predicted octanol–water partition coefficient (Wildman–Crippen LogP) is 1.96. The van der Waals surface area contributed by atoms with Gasteiger partial charge in [0.15, 0.2) is 0 Å². The van der Waals surface area contributed by atoms with Crippen LogP contribution in [0.2, 0.25) is 0 Å². The quantitative estimate of drug-likeness (QED) is 0.689. The first-order valence-corrected chi connectivity index (χ1v) is 4.73. The minimum Gasteiger partial charge on any atom is -0.335 e. The largest absolute Gasteiger partial charge is 0.405 e. The standard InChI is InChI=1S/C9H13F3N2O/c10-9(11,12)6-13-8(15)14-7-4-2-1-3-5-7/h1-2,7H,3-6H2,(H2,13,14,15). The van der Waals surface area contributed by atoms with Gasteiger partial charge in [-0.05, 0) is 19.3 Å². The highest BCUT2D eigenvalue weighted by atomic mass is 19.4. The number of rotatable bonds is 2. The third-order valence-electron chi connectivity index (χ3n) is 2.05. The van der Waals surface area contributed by atoms with Crippen molar-refractivity contribution < 1.29 is 18.0 Å². The van der Waals surface area contributed by atoms with Gasteiger partial charge in [-0.3, -0.25) is 0 Å². The molecule has 0 aromatic carbocycles. The number of urea groups is 1. The third-order valence-corrected chi connectivity index (χ3v) is 2.05. The SMILES string of the molecule is O=C(NCC(F)(F)F)NC1CC=CCC1. The minimum atomic E-state index is -4.36. The van der Waals surface area contributed by atoms with Gasteiger partial charge in [-0.15, -0.1) is 0 Å². The number of nitrogens with one attached hydrogen (secondary N) is 2. The molecule has 0 radical (unpaired) electrons. The second kappa shape index (κ2) is 5.04. The summed E-state index contributed by atoms with van der Waals surface area (Å²) in [6.45, 7) is -1.29. The maximum atomic E-state index is 11.7. The van der Waals surface area contributed by atoms with Crippen LogP contribution >= 0.6 is 0 Å². The van der Waals surface area contributed by atoms with Crippen molar-refractivity contribution in [2.45, 2.75) is 31.5 Å². The molecule has 1 rings (SSSR count). The van der Waals surface area contributed by atoms with E-state index in [1.54, 1.807) is 5.32 Å². The maximum Gasteiger partial charge on any atom is 0.405 e. The molecular formula is C9H13F3N2O. The third kappa shape index (κ3) is 5.29. The first-order chi connectivity index (χ1) is 6.97. The molecule has 3 nitrogen and oxygen atoms in total. The van der Waals surface area contributed by atoms with Gasteiger partial charge in [-0.1, -0.05) is 12.2 Å². The lowest BCUT2D eigenvalue weighted by molar-refractivity contribution is -0.122. The Morgan fingerprint density at radius 3 is 2.67 bits per heavy atom. The van der Waals surface area contributed by atoms with Crippen molar-refractivity contribution in [3.8, 4) is 0 Å². The Hall–Kier alpha value is -1.20. The number of hydrogen-bond donors (Lipinski definition) is 2. The smallest absolute Gasteiger partial charge is 0.335 e. The average Bonchev–Trinajstić information content (AvgIpc) is 2.15. The fourth-order valence-corrected chi connectivity index (χ4v) is 1.34. The summed E-state index contributed by atoms with van der Waals surface area (Å²) in [5.41, 5.74) is 0. The lowest BCUT2D eigenvalue weighted by atomic mass is 10.0. The Morgan fingerprint density at radius 2 is 2.13 bits per heavy atom. The summed E-state index contributed by atoms with van der Waals surface area (Å²) in [5.74, 6) is 0. The van der Waals surface area contributed by atoms with E-state index in [4.69, 9.17) is 0 Å². The van der Waals surface area contributed by atoms with Crippen LogP contribution in [-0.4, -0.2) is 24.8 Å². The number of halogens is 3. The van der Waals surface area contributed by atoms with Gasteiger partial charge in [0.05, 0.1) is 0 Å². The molecule has 6 heteroatoms. The van der Waals surface area contributed by atoms with Crippen LogP contribution in [0.15, 0.2) is 12.2 Å². The van der Waals surface area contributed by atoms with Crippen LogP contribution in [0, 0.1) is 0 Å². The topological polar surface area (TPSA) is 41.1 Å². The molecular weight excluding hydrogens is 209 g/mol. The second-order valence-corrected chi connectivity index (χ2v) is 3.42. The summed E-state index contributed by atoms with van der Waals surface area (Å²) in [7, 11) is 0. The van der Waals surface area contributed by atoms with Crippen LogP contribution in [-0.2, 0) is 0 Å². The van der Waals surface area contributed by atoms with Gasteiger partial charge >= 0.3 is 12.2 Å². The summed E-state index contributed by atoms with van der Waals surface area (Å²) < 4.78 is 35.2. The van der Waals surface area contributed by atoms with Crippen LogP contribution in [0.1, 0.15) is 19.3 Å². The maximum absolute atomic E-state index is 11.7. The Bertz CT molecular complexity index is 250. The van der Waals surface area contributed by atoms with Crippen LogP contribution in [0.5, 0.6) is 0 Å². The van der Waals surface area contributed by atoms with Crippen molar-refractivity contribution in [2.75, 3.05) is 6.54 Å². The molecule has 0 aliphatic heterocycles. The molecule has 1 unspecified atom stereocenters. The molecule has 0 heterocycles. The molecule has 0 fully saturated rings. The molecule has 0 bridgehead atoms. The summed E-state index contributed by atoms with van der Waals surface area (Å²) in [6.07, 6.45) is 1.85. The van der Waals surface area contributed by atoms with Crippen molar-refractivity contribution in [3.63, 3.8) is 0 Å². The lowest BCUT2D eigenvalue weighted by Crippen LogP contribution is -2.45. The zero-order chi connectivity index (χ0) is 11.3. The summed E-state index contributed by atoms with van der Waals surface area (Å²) in [4.78, 5) is 11.0. The van der Waals surface area contributed by atoms with Gasteiger partial charge in [0.1, 0.15) is 6.54 Å². The highest BCUT2D eigenvalue weighted by Gasteiger charge is 2.28. The Labute approximate surface area is 85.7 Å². The van der Waals surface area contributed by atoms with E-state index in [9.17, 15) is 18.0 Å². The van der Waals surface area contributed by atoms with E-state index in [0.29, 0.717) is 6.42 Å². The molecule has 0 saturated heterocycles. The number of carbonyl (C=O) groups is 1. The Morgan fingerprint density at radius 1 is 1.40 bits per heavy atom. The van der Waals surface area contributed by atoms with E-state index in [1.807, 2.05) is 12.2 Å². The molecule has 0 saturated carbocycles. The summed E-state index contributed by atoms with van der Waals surface area (Å²) in [5, 5.41) is 4.26. The number of amides is 2. The van der Waals surface area contributed by atoms with Crippen LogP contribution in [0.3, 0.4) is 0 Å². The van der Waals surface area contributed by atoms with Crippen molar-refractivity contribution in [2.24, 2.45) is 0 Å². The first-order valence-electron chi connectivity index (χ1n) is 4.73. The van der Waals surface area contributed by atoms with E-state index < -0.39 is 18.8 Å². The molecule has 2 N–H and O–H groups in total. The van der Waals surface area contributed by atoms with Crippen molar-refractivity contribution in [1.29, 1.82) is 0 Å². The van der Waals surface area contributed by atoms with E-state index in [1.165, 1.54) is 0 Å². The molecule has 86 valence electrons. The van der Waals surface area contributed by atoms with Gasteiger partial charge in [0.25, 0.3) is 0 Å². The van der Waals surface area contributed by atoms with E-state index in [0.717, 1.165) is 12.8 Å².